The summed E-state index contributed by atoms with van der Waals surface area (Å²) in [6.45, 7) is 0.405. The van der Waals surface area contributed by atoms with Crippen molar-refractivity contribution in [2.75, 3.05) is 26.2 Å². The van der Waals surface area contributed by atoms with E-state index in [2.05, 4.69) is 5.32 Å². The van der Waals surface area contributed by atoms with Gasteiger partial charge in [0.05, 0.1) is 11.1 Å². The lowest BCUT2D eigenvalue weighted by atomic mass is 10.0. The molecular formula is C27H24F3N3O3. The van der Waals surface area contributed by atoms with Gasteiger partial charge in [-0.3, -0.25) is 14.4 Å². The van der Waals surface area contributed by atoms with Gasteiger partial charge in [-0.1, -0.05) is 60.7 Å². The molecule has 9 heteroatoms. The van der Waals surface area contributed by atoms with Crippen molar-refractivity contribution in [3.05, 3.63) is 107 Å². The van der Waals surface area contributed by atoms with Crippen LogP contribution in [0.5, 0.6) is 0 Å². The first-order chi connectivity index (χ1) is 17.3. The fourth-order valence-electron chi connectivity index (χ4n) is 4.14. The predicted octanol–water partition coefficient (Wildman–Crippen LogP) is 4.16. The molecule has 0 spiro atoms. The zero-order chi connectivity index (χ0) is 25.7. The summed E-state index contributed by atoms with van der Waals surface area (Å²) < 4.78 is 40.1. The second kappa shape index (κ2) is 10.6. The maximum atomic E-state index is 13.5. The largest absolute Gasteiger partial charge is 0.417 e. The molecule has 1 heterocycles. The SMILES string of the molecule is O=C(NC(C(=O)N1CCN(C(=O)c2ccccc2C(F)(F)F)CC1)c1ccccc1)c1ccccc1. The molecule has 1 N–H and O–H groups in total. The van der Waals surface area contributed by atoms with E-state index in [-0.39, 0.29) is 32.1 Å². The molecule has 186 valence electrons. The summed E-state index contributed by atoms with van der Waals surface area (Å²) in [4.78, 5) is 42.0. The number of carbonyl (C=O) groups is 3. The van der Waals surface area contributed by atoms with Gasteiger partial charge in [0.2, 0.25) is 5.91 Å². The van der Waals surface area contributed by atoms with Crippen LogP contribution in [0.4, 0.5) is 13.2 Å². The Morgan fingerprint density at radius 2 is 1.25 bits per heavy atom. The minimum Gasteiger partial charge on any atom is -0.337 e. The average Bonchev–Trinajstić information content (AvgIpc) is 2.91. The van der Waals surface area contributed by atoms with E-state index in [0.717, 1.165) is 12.1 Å². The van der Waals surface area contributed by atoms with E-state index < -0.39 is 35.2 Å². The monoisotopic (exact) mass is 495 g/mol. The molecule has 1 aliphatic rings. The van der Waals surface area contributed by atoms with Gasteiger partial charge in [0.25, 0.3) is 11.8 Å². The van der Waals surface area contributed by atoms with E-state index in [9.17, 15) is 27.6 Å². The quantitative estimate of drug-likeness (QED) is 0.578. The smallest absolute Gasteiger partial charge is 0.337 e. The Morgan fingerprint density at radius 1 is 0.722 bits per heavy atom. The predicted molar refractivity (Wildman–Crippen MR) is 127 cm³/mol. The van der Waals surface area contributed by atoms with Crippen LogP contribution in [0.2, 0.25) is 0 Å². The highest BCUT2D eigenvalue weighted by atomic mass is 19.4. The molecule has 3 aromatic carbocycles. The van der Waals surface area contributed by atoms with Crippen LogP contribution in [0.1, 0.15) is 37.9 Å². The van der Waals surface area contributed by atoms with Gasteiger partial charge in [0, 0.05) is 31.7 Å². The second-order valence-corrected chi connectivity index (χ2v) is 8.34. The summed E-state index contributed by atoms with van der Waals surface area (Å²) in [5, 5.41) is 2.79. The minimum atomic E-state index is -4.65. The molecule has 36 heavy (non-hydrogen) atoms. The van der Waals surface area contributed by atoms with E-state index >= 15 is 0 Å². The van der Waals surface area contributed by atoms with Gasteiger partial charge in [0.15, 0.2) is 0 Å². The Bertz CT molecular complexity index is 1230. The molecule has 1 fully saturated rings. The Morgan fingerprint density at radius 3 is 1.86 bits per heavy atom. The third-order valence-electron chi connectivity index (χ3n) is 6.03. The van der Waals surface area contributed by atoms with Crippen LogP contribution >= 0.6 is 0 Å². The van der Waals surface area contributed by atoms with Gasteiger partial charge < -0.3 is 15.1 Å². The van der Waals surface area contributed by atoms with Crippen molar-refractivity contribution in [3.63, 3.8) is 0 Å². The molecule has 0 aromatic heterocycles. The van der Waals surface area contributed by atoms with Crippen molar-refractivity contribution in [1.82, 2.24) is 15.1 Å². The highest BCUT2D eigenvalue weighted by Gasteiger charge is 2.37. The normalized spacial score (nSPS) is 14.8. The van der Waals surface area contributed by atoms with Crippen LogP contribution in [-0.4, -0.2) is 53.7 Å². The summed E-state index contributed by atoms with van der Waals surface area (Å²) in [5.74, 6) is -1.49. The van der Waals surface area contributed by atoms with Gasteiger partial charge in [-0.2, -0.15) is 13.2 Å². The van der Waals surface area contributed by atoms with Crippen molar-refractivity contribution >= 4 is 17.7 Å². The van der Waals surface area contributed by atoms with E-state index in [1.54, 1.807) is 60.7 Å². The number of rotatable bonds is 5. The first-order valence-electron chi connectivity index (χ1n) is 11.4. The zero-order valence-electron chi connectivity index (χ0n) is 19.2. The van der Waals surface area contributed by atoms with Crippen molar-refractivity contribution < 1.29 is 27.6 Å². The van der Waals surface area contributed by atoms with Gasteiger partial charge in [0.1, 0.15) is 6.04 Å². The third-order valence-corrected chi connectivity index (χ3v) is 6.03. The molecule has 0 saturated carbocycles. The molecule has 1 atom stereocenters. The molecule has 4 rings (SSSR count). The molecule has 0 aliphatic carbocycles. The number of hydrogen-bond donors (Lipinski definition) is 1. The van der Waals surface area contributed by atoms with Gasteiger partial charge in [-0.05, 0) is 29.8 Å². The molecule has 1 aliphatic heterocycles. The van der Waals surface area contributed by atoms with E-state index in [4.69, 9.17) is 0 Å². The van der Waals surface area contributed by atoms with Gasteiger partial charge >= 0.3 is 6.18 Å². The first kappa shape index (κ1) is 25.0. The average molecular weight is 496 g/mol. The number of alkyl halides is 3. The van der Waals surface area contributed by atoms with Gasteiger partial charge in [-0.25, -0.2) is 0 Å². The molecule has 0 radical (unpaired) electrons. The zero-order valence-corrected chi connectivity index (χ0v) is 19.2. The van der Waals surface area contributed by atoms with Crippen molar-refractivity contribution in [2.24, 2.45) is 0 Å². The number of amides is 3. The minimum absolute atomic E-state index is 0.0743. The molecule has 1 saturated heterocycles. The van der Waals surface area contributed by atoms with Crippen LogP contribution in [-0.2, 0) is 11.0 Å². The van der Waals surface area contributed by atoms with Crippen molar-refractivity contribution in [2.45, 2.75) is 12.2 Å². The highest BCUT2D eigenvalue weighted by molar-refractivity contribution is 5.98. The number of benzene rings is 3. The highest BCUT2D eigenvalue weighted by Crippen LogP contribution is 2.32. The summed E-state index contributed by atoms with van der Waals surface area (Å²) >= 11 is 0. The maximum Gasteiger partial charge on any atom is 0.417 e. The number of carbonyl (C=O) groups excluding carboxylic acids is 3. The lowest BCUT2D eigenvalue weighted by Crippen LogP contribution is -2.53. The number of halogens is 3. The Hall–Kier alpha value is -4.14. The van der Waals surface area contributed by atoms with Crippen LogP contribution in [0.3, 0.4) is 0 Å². The van der Waals surface area contributed by atoms with E-state index in [1.807, 2.05) is 0 Å². The molecule has 1 unspecified atom stereocenters. The van der Waals surface area contributed by atoms with Gasteiger partial charge in [-0.15, -0.1) is 0 Å². The summed E-state index contributed by atoms with van der Waals surface area (Å²) in [7, 11) is 0. The third kappa shape index (κ3) is 5.56. The van der Waals surface area contributed by atoms with Crippen molar-refractivity contribution in [3.8, 4) is 0 Å². The van der Waals surface area contributed by atoms with Crippen molar-refractivity contribution in [1.29, 1.82) is 0 Å². The number of piperazine rings is 1. The van der Waals surface area contributed by atoms with Crippen LogP contribution in [0.15, 0.2) is 84.9 Å². The molecular weight excluding hydrogens is 471 g/mol. The number of nitrogens with one attached hydrogen (secondary N) is 1. The van der Waals surface area contributed by atoms with Crippen LogP contribution < -0.4 is 5.32 Å². The van der Waals surface area contributed by atoms with E-state index in [1.165, 1.54) is 21.9 Å². The Balaban J connectivity index is 1.47. The Kier molecular flexibility index (Phi) is 7.38. The molecule has 3 aromatic rings. The second-order valence-electron chi connectivity index (χ2n) is 8.34. The molecule has 3 amide bonds. The van der Waals surface area contributed by atoms with E-state index in [0.29, 0.717) is 11.1 Å². The Labute approximate surface area is 206 Å². The van der Waals surface area contributed by atoms with Crippen LogP contribution in [0, 0.1) is 0 Å². The fraction of sp³-hybridized carbons (Fsp3) is 0.222. The summed E-state index contributed by atoms with van der Waals surface area (Å²) in [6.07, 6.45) is -4.65. The summed E-state index contributed by atoms with van der Waals surface area (Å²) in [5.41, 5.74) is -0.391. The standard InChI is InChI=1S/C27H24F3N3O3/c28-27(29,30)22-14-8-7-13-21(22)25(35)32-15-17-33(18-16-32)26(36)23(19-9-3-1-4-10-19)31-24(34)20-11-5-2-6-12-20/h1-14,23H,15-18H2,(H,31,34). The molecule has 0 bridgehead atoms. The topological polar surface area (TPSA) is 69.7 Å². The number of hydrogen-bond acceptors (Lipinski definition) is 3. The molecule has 6 nitrogen and oxygen atoms in total. The lowest BCUT2D eigenvalue weighted by molar-refractivity contribution is -0.138. The lowest BCUT2D eigenvalue weighted by Gasteiger charge is -2.37. The number of nitrogens with zero attached hydrogens (tertiary/aromatic N) is 2. The maximum absolute atomic E-state index is 13.5. The van der Waals surface area contributed by atoms with Crippen LogP contribution in [0.25, 0.3) is 0 Å². The first-order valence-corrected chi connectivity index (χ1v) is 11.4. The fourth-order valence-corrected chi connectivity index (χ4v) is 4.14. The summed E-state index contributed by atoms with van der Waals surface area (Å²) in [6, 6.07) is 21.0.